The first-order valence-corrected chi connectivity index (χ1v) is 9.51. The van der Waals surface area contributed by atoms with Crippen molar-refractivity contribution < 1.29 is 0 Å². The zero-order chi connectivity index (χ0) is 17.4. The van der Waals surface area contributed by atoms with Crippen LogP contribution in [0.15, 0.2) is 42.5 Å². The highest BCUT2D eigenvalue weighted by Crippen LogP contribution is 2.29. The summed E-state index contributed by atoms with van der Waals surface area (Å²) in [6, 6.07) is 13.9. The summed E-state index contributed by atoms with van der Waals surface area (Å²) in [5, 5.41) is 1.49. The van der Waals surface area contributed by atoms with E-state index in [0.29, 0.717) is 0 Å². The van der Waals surface area contributed by atoms with E-state index >= 15 is 0 Å². The number of aromatic nitrogens is 2. The standard InChI is InChI=1S/C20H21Cl2N3/c1-14-7-9-24(10-8-14)20-23-18-6-5-17(22)12-19(18)25(20)13-15-3-2-4-16(21)11-15/h2-6,11-12,14H,7-10,13H2,1H3. The molecule has 0 atom stereocenters. The van der Waals surface area contributed by atoms with Gasteiger partial charge in [0.2, 0.25) is 5.95 Å². The minimum absolute atomic E-state index is 0.735. The highest BCUT2D eigenvalue weighted by Gasteiger charge is 2.22. The van der Waals surface area contributed by atoms with Crippen molar-refractivity contribution in [2.75, 3.05) is 18.0 Å². The third-order valence-corrected chi connectivity index (χ3v) is 5.46. The first-order chi connectivity index (χ1) is 12.1. The second-order valence-electron chi connectivity index (χ2n) is 6.93. The Balaban J connectivity index is 1.78. The summed E-state index contributed by atoms with van der Waals surface area (Å²) in [4.78, 5) is 7.32. The molecule has 5 heteroatoms. The molecule has 0 saturated carbocycles. The van der Waals surface area contributed by atoms with Crippen molar-refractivity contribution in [3.05, 3.63) is 58.1 Å². The van der Waals surface area contributed by atoms with Crippen LogP contribution in [0.2, 0.25) is 10.0 Å². The summed E-state index contributed by atoms with van der Waals surface area (Å²) in [5.41, 5.74) is 3.22. The van der Waals surface area contributed by atoms with E-state index in [2.05, 4.69) is 22.5 Å². The molecule has 3 nitrogen and oxygen atoms in total. The van der Waals surface area contributed by atoms with Gasteiger partial charge < -0.3 is 9.47 Å². The Morgan fingerprint density at radius 2 is 1.80 bits per heavy atom. The van der Waals surface area contributed by atoms with Gasteiger partial charge in [-0.05, 0) is 54.7 Å². The van der Waals surface area contributed by atoms with Crippen LogP contribution in [0.4, 0.5) is 5.95 Å². The van der Waals surface area contributed by atoms with Gasteiger partial charge in [0.1, 0.15) is 0 Å². The molecule has 0 amide bonds. The second-order valence-corrected chi connectivity index (χ2v) is 7.80. The van der Waals surface area contributed by atoms with Crippen molar-refractivity contribution in [3.8, 4) is 0 Å². The van der Waals surface area contributed by atoms with Crippen LogP contribution in [0, 0.1) is 5.92 Å². The lowest BCUT2D eigenvalue weighted by molar-refractivity contribution is 0.432. The monoisotopic (exact) mass is 373 g/mol. The third-order valence-electron chi connectivity index (χ3n) is 4.99. The van der Waals surface area contributed by atoms with Gasteiger partial charge >= 0.3 is 0 Å². The zero-order valence-electron chi connectivity index (χ0n) is 14.3. The smallest absolute Gasteiger partial charge is 0.206 e. The first-order valence-electron chi connectivity index (χ1n) is 8.75. The fourth-order valence-corrected chi connectivity index (χ4v) is 3.89. The molecular weight excluding hydrogens is 353 g/mol. The molecule has 4 rings (SSSR count). The van der Waals surface area contributed by atoms with Gasteiger partial charge in [-0.3, -0.25) is 0 Å². The number of hydrogen-bond donors (Lipinski definition) is 0. The topological polar surface area (TPSA) is 21.1 Å². The molecule has 25 heavy (non-hydrogen) atoms. The van der Waals surface area contributed by atoms with Crippen LogP contribution in [0.5, 0.6) is 0 Å². The molecule has 1 saturated heterocycles. The van der Waals surface area contributed by atoms with Crippen molar-refractivity contribution in [3.63, 3.8) is 0 Å². The molecule has 0 aliphatic carbocycles. The molecule has 2 heterocycles. The second kappa shape index (κ2) is 6.89. The predicted octanol–water partition coefficient (Wildman–Crippen LogP) is 5.63. The Hall–Kier alpha value is -1.71. The highest BCUT2D eigenvalue weighted by molar-refractivity contribution is 6.31. The molecule has 1 aliphatic rings. The van der Waals surface area contributed by atoms with E-state index in [1.54, 1.807) is 0 Å². The van der Waals surface area contributed by atoms with E-state index in [1.807, 2.05) is 36.4 Å². The number of rotatable bonds is 3. The number of imidazole rings is 1. The Morgan fingerprint density at radius 1 is 1.04 bits per heavy atom. The molecule has 0 radical (unpaired) electrons. The van der Waals surface area contributed by atoms with Crippen molar-refractivity contribution in [2.24, 2.45) is 5.92 Å². The lowest BCUT2D eigenvalue weighted by Crippen LogP contribution is -2.34. The van der Waals surface area contributed by atoms with Crippen molar-refractivity contribution in [2.45, 2.75) is 26.3 Å². The van der Waals surface area contributed by atoms with Gasteiger partial charge in [-0.25, -0.2) is 4.98 Å². The van der Waals surface area contributed by atoms with Crippen LogP contribution in [-0.4, -0.2) is 22.6 Å². The average Bonchev–Trinajstić information content (AvgIpc) is 2.93. The zero-order valence-corrected chi connectivity index (χ0v) is 15.8. The maximum absolute atomic E-state index is 6.26. The molecule has 130 valence electrons. The molecule has 0 bridgehead atoms. The van der Waals surface area contributed by atoms with Gasteiger partial charge in [-0.15, -0.1) is 0 Å². The van der Waals surface area contributed by atoms with E-state index in [4.69, 9.17) is 28.2 Å². The van der Waals surface area contributed by atoms with Crippen molar-refractivity contribution in [1.82, 2.24) is 9.55 Å². The largest absolute Gasteiger partial charge is 0.342 e. The van der Waals surface area contributed by atoms with Crippen LogP contribution in [0.1, 0.15) is 25.3 Å². The van der Waals surface area contributed by atoms with Gasteiger partial charge in [-0.2, -0.15) is 0 Å². The Kier molecular flexibility index (Phi) is 4.61. The summed E-state index contributed by atoms with van der Waals surface area (Å²) in [6.07, 6.45) is 2.42. The Morgan fingerprint density at radius 3 is 2.56 bits per heavy atom. The van der Waals surface area contributed by atoms with Crippen LogP contribution in [0.25, 0.3) is 11.0 Å². The molecule has 3 aromatic rings. The van der Waals surface area contributed by atoms with Crippen LogP contribution in [-0.2, 0) is 6.54 Å². The lowest BCUT2D eigenvalue weighted by atomic mass is 10.00. The summed E-state index contributed by atoms with van der Waals surface area (Å²) in [5.74, 6) is 1.82. The van der Waals surface area contributed by atoms with Gasteiger partial charge in [0.25, 0.3) is 0 Å². The molecular formula is C20H21Cl2N3. The minimum Gasteiger partial charge on any atom is -0.342 e. The Bertz CT molecular complexity index is 895. The maximum Gasteiger partial charge on any atom is 0.206 e. The summed E-state index contributed by atoms with van der Waals surface area (Å²) in [6.45, 7) is 5.16. The van der Waals surface area contributed by atoms with Crippen LogP contribution < -0.4 is 4.90 Å². The van der Waals surface area contributed by atoms with E-state index in [0.717, 1.165) is 52.6 Å². The number of benzene rings is 2. The van der Waals surface area contributed by atoms with Crippen molar-refractivity contribution >= 4 is 40.2 Å². The van der Waals surface area contributed by atoms with Crippen molar-refractivity contribution in [1.29, 1.82) is 0 Å². The van der Waals surface area contributed by atoms with E-state index in [-0.39, 0.29) is 0 Å². The minimum atomic E-state index is 0.735. The summed E-state index contributed by atoms with van der Waals surface area (Å²) in [7, 11) is 0. The predicted molar refractivity (Wildman–Crippen MR) is 106 cm³/mol. The normalized spacial score (nSPS) is 15.9. The lowest BCUT2D eigenvalue weighted by Gasteiger charge is -2.31. The summed E-state index contributed by atoms with van der Waals surface area (Å²) < 4.78 is 2.27. The van der Waals surface area contributed by atoms with Crippen LogP contribution >= 0.6 is 23.2 Å². The number of nitrogens with zero attached hydrogens (tertiary/aromatic N) is 3. The van der Waals surface area contributed by atoms with Gasteiger partial charge in [0.05, 0.1) is 17.6 Å². The molecule has 0 spiro atoms. The van der Waals surface area contributed by atoms with Gasteiger partial charge in [-0.1, -0.05) is 42.3 Å². The quantitative estimate of drug-likeness (QED) is 0.593. The summed E-state index contributed by atoms with van der Waals surface area (Å²) >= 11 is 12.4. The number of hydrogen-bond acceptors (Lipinski definition) is 2. The first kappa shape index (κ1) is 16.7. The Labute approximate surface area is 158 Å². The fraction of sp³-hybridized carbons (Fsp3) is 0.350. The number of piperidine rings is 1. The number of anilines is 1. The maximum atomic E-state index is 6.26. The third kappa shape index (κ3) is 3.49. The highest BCUT2D eigenvalue weighted by atomic mass is 35.5. The fourth-order valence-electron chi connectivity index (χ4n) is 3.51. The number of fused-ring (bicyclic) bond motifs is 1. The molecule has 0 N–H and O–H groups in total. The van der Waals surface area contributed by atoms with E-state index in [1.165, 1.54) is 18.4 Å². The molecule has 1 fully saturated rings. The SMILES string of the molecule is CC1CCN(c2nc3ccc(Cl)cc3n2Cc2cccc(Cl)c2)CC1. The molecule has 1 aromatic heterocycles. The number of halogens is 2. The molecule has 0 unspecified atom stereocenters. The van der Waals surface area contributed by atoms with Gasteiger partial charge in [0.15, 0.2) is 0 Å². The van der Waals surface area contributed by atoms with E-state index < -0.39 is 0 Å². The van der Waals surface area contributed by atoms with E-state index in [9.17, 15) is 0 Å². The van der Waals surface area contributed by atoms with Gasteiger partial charge in [0, 0.05) is 23.1 Å². The molecule has 1 aliphatic heterocycles. The molecule has 2 aromatic carbocycles. The average molecular weight is 374 g/mol. The van der Waals surface area contributed by atoms with Crippen LogP contribution in [0.3, 0.4) is 0 Å².